The Balaban J connectivity index is 1.67. The van der Waals surface area contributed by atoms with Gasteiger partial charge in [-0.15, -0.1) is 0 Å². The summed E-state index contributed by atoms with van der Waals surface area (Å²) >= 11 is 6.15. The number of ether oxygens (including phenoxy) is 2. The van der Waals surface area contributed by atoms with E-state index in [0.29, 0.717) is 28.8 Å². The van der Waals surface area contributed by atoms with Gasteiger partial charge in [0, 0.05) is 6.08 Å². The highest BCUT2D eigenvalue weighted by molar-refractivity contribution is 6.33. The molecule has 0 bridgehead atoms. The standard InChI is InChI=1S/C23H23ClN2O4/c1-14-5-8-20(19(24)11-14)25-23(27)10-7-17-6-9-21(22(12-17)28-4)29-13-18-15(2)26-30-16(18)3/h5-12H,13H2,1-4H3,(H,25,27)/b10-7+. The molecule has 0 aliphatic rings. The third-order valence-electron chi connectivity index (χ3n) is 4.55. The number of hydrogen-bond acceptors (Lipinski definition) is 5. The zero-order valence-electron chi connectivity index (χ0n) is 17.3. The summed E-state index contributed by atoms with van der Waals surface area (Å²) < 4.78 is 16.5. The van der Waals surface area contributed by atoms with Crippen LogP contribution in [-0.4, -0.2) is 18.2 Å². The fraction of sp³-hybridized carbons (Fsp3) is 0.217. The molecule has 1 amide bonds. The van der Waals surface area contributed by atoms with E-state index in [1.807, 2.05) is 32.9 Å². The fourth-order valence-electron chi connectivity index (χ4n) is 2.83. The second kappa shape index (κ2) is 9.50. The minimum absolute atomic E-state index is 0.279. The molecule has 2 aromatic carbocycles. The molecular weight excluding hydrogens is 404 g/mol. The van der Waals surface area contributed by atoms with Crippen LogP contribution in [0.15, 0.2) is 47.0 Å². The van der Waals surface area contributed by atoms with Crippen LogP contribution >= 0.6 is 11.6 Å². The summed E-state index contributed by atoms with van der Waals surface area (Å²) in [5.74, 6) is 1.60. The van der Waals surface area contributed by atoms with E-state index in [4.69, 9.17) is 25.6 Å². The van der Waals surface area contributed by atoms with Gasteiger partial charge in [0.05, 0.1) is 29.1 Å². The molecule has 7 heteroatoms. The van der Waals surface area contributed by atoms with Gasteiger partial charge in [-0.05, 0) is 62.2 Å². The number of benzene rings is 2. The Morgan fingerprint density at radius 3 is 2.63 bits per heavy atom. The molecule has 156 valence electrons. The van der Waals surface area contributed by atoms with Gasteiger partial charge in [0.25, 0.3) is 0 Å². The van der Waals surface area contributed by atoms with Gasteiger partial charge >= 0.3 is 0 Å². The van der Waals surface area contributed by atoms with E-state index in [2.05, 4.69) is 10.5 Å². The molecule has 0 fully saturated rings. The van der Waals surface area contributed by atoms with Crippen molar-refractivity contribution < 1.29 is 18.8 Å². The van der Waals surface area contributed by atoms with Crippen LogP contribution in [-0.2, 0) is 11.4 Å². The first kappa shape index (κ1) is 21.5. The number of anilines is 1. The first-order valence-electron chi connectivity index (χ1n) is 9.35. The molecule has 0 aliphatic heterocycles. The summed E-state index contributed by atoms with van der Waals surface area (Å²) in [4.78, 5) is 12.2. The van der Waals surface area contributed by atoms with Gasteiger partial charge in [-0.3, -0.25) is 4.79 Å². The molecule has 0 unspecified atom stereocenters. The van der Waals surface area contributed by atoms with E-state index in [9.17, 15) is 4.79 Å². The molecule has 1 heterocycles. The molecule has 0 saturated heterocycles. The van der Waals surface area contributed by atoms with Crippen molar-refractivity contribution in [3.05, 3.63) is 75.6 Å². The Morgan fingerprint density at radius 2 is 1.97 bits per heavy atom. The number of rotatable bonds is 7. The van der Waals surface area contributed by atoms with Crippen LogP contribution in [0.3, 0.4) is 0 Å². The average Bonchev–Trinajstić information content (AvgIpc) is 3.04. The van der Waals surface area contributed by atoms with Crippen molar-refractivity contribution >= 4 is 29.3 Å². The molecule has 0 saturated carbocycles. The predicted molar refractivity (Wildman–Crippen MR) is 117 cm³/mol. The summed E-state index contributed by atoms with van der Waals surface area (Å²) in [6.45, 7) is 5.98. The van der Waals surface area contributed by atoms with Gasteiger partial charge in [0.1, 0.15) is 12.4 Å². The van der Waals surface area contributed by atoms with Crippen LogP contribution < -0.4 is 14.8 Å². The van der Waals surface area contributed by atoms with Gasteiger partial charge in [0.2, 0.25) is 5.91 Å². The van der Waals surface area contributed by atoms with Gasteiger partial charge in [0.15, 0.2) is 11.5 Å². The number of halogens is 1. The molecule has 0 spiro atoms. The second-order valence-corrected chi connectivity index (χ2v) is 7.21. The van der Waals surface area contributed by atoms with Gasteiger partial charge in [-0.1, -0.05) is 28.9 Å². The van der Waals surface area contributed by atoms with Crippen LogP contribution in [0.1, 0.15) is 28.1 Å². The van der Waals surface area contributed by atoms with Crippen molar-refractivity contribution in [2.24, 2.45) is 0 Å². The van der Waals surface area contributed by atoms with Crippen LogP contribution in [0, 0.1) is 20.8 Å². The molecule has 3 rings (SSSR count). The highest BCUT2D eigenvalue weighted by Crippen LogP contribution is 2.30. The van der Waals surface area contributed by atoms with Crippen molar-refractivity contribution in [2.45, 2.75) is 27.4 Å². The minimum Gasteiger partial charge on any atom is -0.493 e. The molecule has 1 aromatic heterocycles. The quantitative estimate of drug-likeness (QED) is 0.505. The first-order valence-corrected chi connectivity index (χ1v) is 9.73. The van der Waals surface area contributed by atoms with Gasteiger partial charge < -0.3 is 19.3 Å². The molecule has 0 radical (unpaired) electrons. The molecule has 3 aromatic rings. The van der Waals surface area contributed by atoms with Crippen LogP contribution in [0.5, 0.6) is 11.5 Å². The highest BCUT2D eigenvalue weighted by atomic mass is 35.5. The van der Waals surface area contributed by atoms with E-state index in [0.717, 1.165) is 28.1 Å². The summed E-state index contributed by atoms with van der Waals surface area (Å²) in [6, 6.07) is 10.9. The number of hydrogen-bond donors (Lipinski definition) is 1. The molecule has 1 N–H and O–H groups in total. The number of amides is 1. The van der Waals surface area contributed by atoms with Crippen molar-refractivity contribution in [3.63, 3.8) is 0 Å². The third-order valence-corrected chi connectivity index (χ3v) is 4.86. The Bertz CT molecular complexity index is 1070. The van der Waals surface area contributed by atoms with E-state index >= 15 is 0 Å². The number of aromatic nitrogens is 1. The Morgan fingerprint density at radius 1 is 1.17 bits per heavy atom. The van der Waals surface area contributed by atoms with Crippen LogP contribution in [0.25, 0.3) is 6.08 Å². The second-order valence-electron chi connectivity index (χ2n) is 6.81. The number of aryl methyl sites for hydroxylation is 3. The largest absolute Gasteiger partial charge is 0.493 e. The summed E-state index contributed by atoms with van der Waals surface area (Å²) in [7, 11) is 1.57. The predicted octanol–water partition coefficient (Wildman–Crippen LogP) is 5.49. The lowest BCUT2D eigenvalue weighted by atomic mass is 10.1. The maximum Gasteiger partial charge on any atom is 0.248 e. The maximum atomic E-state index is 12.2. The minimum atomic E-state index is -0.279. The van der Waals surface area contributed by atoms with Crippen molar-refractivity contribution in [2.75, 3.05) is 12.4 Å². The lowest BCUT2D eigenvalue weighted by Crippen LogP contribution is -2.08. The zero-order valence-corrected chi connectivity index (χ0v) is 18.0. The third kappa shape index (κ3) is 5.21. The lowest BCUT2D eigenvalue weighted by Gasteiger charge is -2.11. The molecule has 0 atom stereocenters. The summed E-state index contributed by atoms with van der Waals surface area (Å²) in [5, 5.41) is 7.19. The maximum absolute atomic E-state index is 12.2. The number of carbonyl (C=O) groups excluding carboxylic acids is 1. The van der Waals surface area contributed by atoms with E-state index in [1.54, 1.807) is 37.5 Å². The van der Waals surface area contributed by atoms with Crippen LogP contribution in [0.4, 0.5) is 5.69 Å². The normalized spacial score (nSPS) is 11.0. The lowest BCUT2D eigenvalue weighted by molar-refractivity contribution is -0.111. The van der Waals surface area contributed by atoms with E-state index < -0.39 is 0 Å². The number of carbonyl (C=O) groups is 1. The van der Waals surface area contributed by atoms with Crippen molar-refractivity contribution in [1.29, 1.82) is 0 Å². The van der Waals surface area contributed by atoms with Crippen molar-refractivity contribution in [1.82, 2.24) is 5.16 Å². The van der Waals surface area contributed by atoms with Crippen molar-refractivity contribution in [3.8, 4) is 11.5 Å². The molecule has 0 aliphatic carbocycles. The van der Waals surface area contributed by atoms with E-state index in [1.165, 1.54) is 6.08 Å². The number of nitrogens with zero attached hydrogens (tertiary/aromatic N) is 1. The topological polar surface area (TPSA) is 73.6 Å². The molecule has 30 heavy (non-hydrogen) atoms. The number of methoxy groups -OCH3 is 1. The smallest absolute Gasteiger partial charge is 0.248 e. The summed E-state index contributed by atoms with van der Waals surface area (Å²) in [5.41, 5.74) is 4.09. The monoisotopic (exact) mass is 426 g/mol. The summed E-state index contributed by atoms with van der Waals surface area (Å²) in [6.07, 6.45) is 3.13. The van der Waals surface area contributed by atoms with Gasteiger partial charge in [-0.25, -0.2) is 0 Å². The highest BCUT2D eigenvalue weighted by Gasteiger charge is 2.12. The first-order chi connectivity index (χ1) is 14.4. The molecule has 6 nitrogen and oxygen atoms in total. The SMILES string of the molecule is COc1cc(/C=C/C(=O)Nc2ccc(C)cc2Cl)ccc1OCc1c(C)noc1C. The Hall–Kier alpha value is -3.25. The fourth-order valence-corrected chi connectivity index (χ4v) is 3.12. The zero-order chi connectivity index (χ0) is 21.7. The van der Waals surface area contributed by atoms with Gasteiger partial charge in [-0.2, -0.15) is 0 Å². The number of nitrogens with one attached hydrogen (secondary N) is 1. The Labute approximate surface area is 180 Å². The van der Waals surface area contributed by atoms with Crippen LogP contribution in [0.2, 0.25) is 5.02 Å². The Kier molecular flexibility index (Phi) is 6.79. The molecular formula is C23H23ClN2O4. The van der Waals surface area contributed by atoms with E-state index in [-0.39, 0.29) is 5.91 Å². The average molecular weight is 427 g/mol.